The van der Waals surface area contributed by atoms with Crippen LogP contribution in [0.2, 0.25) is 0 Å². The highest BCUT2D eigenvalue weighted by Crippen LogP contribution is 2.24. The quantitative estimate of drug-likeness (QED) is 0.0629. The number of rotatable bonds is 26. The maximum atomic E-state index is 14.5. The molecule has 0 aliphatic carbocycles. The smallest absolute Gasteiger partial charge is 0.326 e. The average molecular weight is 961 g/mol. The molecule has 7 amide bonds. The third-order valence-corrected chi connectivity index (χ3v) is 12.7. The summed E-state index contributed by atoms with van der Waals surface area (Å²) in [6, 6.07) is -3.24. The summed E-state index contributed by atoms with van der Waals surface area (Å²) in [7, 11) is 0. The molecule has 0 radical (unpaired) electrons. The van der Waals surface area contributed by atoms with Gasteiger partial charge >= 0.3 is 11.9 Å². The molecular weight excluding hydrogens is 889 g/mol. The van der Waals surface area contributed by atoms with Crippen LogP contribution in [0.25, 0.3) is 0 Å². The number of phenols is 1. The lowest BCUT2D eigenvalue weighted by atomic mass is 9.96. The molecule has 2 saturated heterocycles. The van der Waals surface area contributed by atoms with E-state index in [1.165, 1.54) is 33.7 Å². The van der Waals surface area contributed by atoms with Crippen LogP contribution < -0.4 is 32.3 Å². The Hall–Kier alpha value is -5.44. The van der Waals surface area contributed by atoms with Gasteiger partial charge in [-0.2, -0.15) is 11.8 Å². The van der Waals surface area contributed by atoms with Crippen molar-refractivity contribution in [3.63, 3.8) is 0 Å². The van der Waals surface area contributed by atoms with Crippen LogP contribution in [0.4, 0.5) is 0 Å². The van der Waals surface area contributed by atoms with Gasteiger partial charge < -0.3 is 57.4 Å². The Morgan fingerprint density at radius 3 is 1.73 bits per heavy atom. The fourth-order valence-electron chi connectivity index (χ4n) is 8.27. The number of benzene rings is 1. The van der Waals surface area contributed by atoms with E-state index < -0.39 is 114 Å². The summed E-state index contributed by atoms with van der Waals surface area (Å²) in [5.41, 5.74) is 6.72. The highest BCUT2D eigenvalue weighted by Gasteiger charge is 2.43. The van der Waals surface area contributed by atoms with E-state index >= 15 is 0 Å². The largest absolute Gasteiger partial charge is 0.508 e. The minimum Gasteiger partial charge on any atom is -0.508 e. The molecule has 20 nitrogen and oxygen atoms in total. The second kappa shape index (κ2) is 26.8. The van der Waals surface area contributed by atoms with Crippen LogP contribution >= 0.6 is 11.8 Å². The molecule has 0 aromatic heterocycles. The number of carboxylic acid groups (broad SMARTS) is 2. The Morgan fingerprint density at radius 2 is 1.22 bits per heavy atom. The lowest BCUT2D eigenvalue weighted by Gasteiger charge is -2.33. The van der Waals surface area contributed by atoms with Gasteiger partial charge in [0.05, 0.1) is 12.5 Å². The number of carbonyl (C=O) groups is 9. The van der Waals surface area contributed by atoms with Crippen molar-refractivity contribution >= 4 is 65.1 Å². The van der Waals surface area contributed by atoms with Gasteiger partial charge in [-0.1, -0.05) is 60.1 Å². The third-order valence-electron chi connectivity index (χ3n) is 12.1. The minimum atomic E-state index is -1.74. The number of aliphatic carboxylic acids is 2. The first-order valence-corrected chi connectivity index (χ1v) is 24.6. The zero-order valence-corrected chi connectivity index (χ0v) is 40.6. The minimum absolute atomic E-state index is 0.00838. The van der Waals surface area contributed by atoms with Crippen molar-refractivity contribution in [2.24, 2.45) is 23.5 Å². The standard InChI is InChI=1S/C46H72N8O12S/c1-8-27(6)38(45(64)54-19-10-12-36(54)42(61)48-31(17-20-67-7)40(59)51-34(46(65)66)24-37(56)57)52-41(60)32(23-28-13-15-29(55)16-14-28)49-43(62)35-11-9-18-53(35)44(63)33(22-26(4)5)50-39(58)30(47)21-25(2)3/h13-16,25-27,30-36,38,55H,8-12,17-24,47H2,1-7H3,(H,48,61)(H,49,62)(H,50,58)(H,51,59)(H,52,60)(H,56,57)(H,65,66)/t27-,30-,31-,32-,33-,34-,35-,36-,38-/m0/s1. The number of hydrogen-bond acceptors (Lipinski definition) is 12. The predicted octanol–water partition coefficient (Wildman–Crippen LogP) is 1.12. The number of phenolic OH excluding ortho intramolecular Hbond substituents is 1. The van der Waals surface area contributed by atoms with Crippen molar-refractivity contribution in [2.45, 2.75) is 154 Å². The molecule has 21 heteroatoms. The van der Waals surface area contributed by atoms with Gasteiger partial charge in [0.2, 0.25) is 41.4 Å². The van der Waals surface area contributed by atoms with Crippen molar-refractivity contribution < 1.29 is 58.5 Å². The van der Waals surface area contributed by atoms with E-state index in [-0.39, 0.29) is 56.4 Å². The molecule has 2 fully saturated rings. The van der Waals surface area contributed by atoms with Crippen LogP contribution in [-0.4, -0.2) is 152 Å². The molecule has 0 bridgehead atoms. The second-order valence-electron chi connectivity index (χ2n) is 18.4. The van der Waals surface area contributed by atoms with Crippen LogP contribution in [0.15, 0.2) is 24.3 Å². The van der Waals surface area contributed by atoms with Gasteiger partial charge in [0.25, 0.3) is 0 Å². The van der Waals surface area contributed by atoms with Crippen molar-refractivity contribution in [2.75, 3.05) is 25.1 Å². The van der Waals surface area contributed by atoms with Crippen molar-refractivity contribution in [3.8, 4) is 5.75 Å². The van der Waals surface area contributed by atoms with Crippen LogP contribution in [0, 0.1) is 17.8 Å². The summed E-state index contributed by atoms with van der Waals surface area (Å²) in [5, 5.41) is 41.9. The fraction of sp³-hybridized carbons (Fsp3) is 0.674. The molecule has 0 unspecified atom stereocenters. The summed E-state index contributed by atoms with van der Waals surface area (Å²) >= 11 is 1.37. The van der Waals surface area contributed by atoms with Crippen molar-refractivity contribution in [3.05, 3.63) is 29.8 Å². The molecule has 0 spiro atoms. The van der Waals surface area contributed by atoms with E-state index in [9.17, 15) is 53.4 Å². The van der Waals surface area contributed by atoms with Gasteiger partial charge in [0.15, 0.2) is 0 Å². The van der Waals surface area contributed by atoms with Gasteiger partial charge in [-0.25, -0.2) is 4.79 Å². The number of thioether (sulfide) groups is 1. The molecule has 374 valence electrons. The molecule has 2 aliphatic rings. The lowest BCUT2D eigenvalue weighted by molar-refractivity contribution is -0.147. The molecular formula is C46H72N8O12S. The van der Waals surface area contributed by atoms with E-state index in [1.807, 2.05) is 34.6 Å². The second-order valence-corrected chi connectivity index (χ2v) is 19.4. The third kappa shape index (κ3) is 17.0. The molecule has 0 saturated carbocycles. The first kappa shape index (κ1) is 55.9. The molecule has 1 aromatic rings. The van der Waals surface area contributed by atoms with Gasteiger partial charge in [0.1, 0.15) is 48.0 Å². The highest BCUT2D eigenvalue weighted by molar-refractivity contribution is 7.98. The van der Waals surface area contributed by atoms with E-state index in [2.05, 4.69) is 26.6 Å². The SMILES string of the molecule is CC[C@H](C)[C@H](NC(=O)[C@H](Cc1ccc(O)cc1)NC(=O)[C@@H]1CCCN1C(=O)[C@H](CC(C)C)NC(=O)[C@@H](N)CC(C)C)C(=O)N1CCC[C@H]1C(=O)N[C@@H](CCSC)C(=O)N[C@@H](CC(=O)O)C(=O)O. The number of carboxylic acids is 2. The van der Waals surface area contributed by atoms with Crippen LogP contribution in [-0.2, 0) is 49.6 Å². The maximum absolute atomic E-state index is 14.5. The fourth-order valence-corrected chi connectivity index (χ4v) is 8.74. The molecule has 2 aliphatic heterocycles. The van der Waals surface area contributed by atoms with E-state index in [1.54, 1.807) is 25.3 Å². The van der Waals surface area contributed by atoms with E-state index in [0.29, 0.717) is 43.4 Å². The number of hydrogen-bond donors (Lipinski definition) is 9. The lowest BCUT2D eigenvalue weighted by Crippen LogP contribution is -2.61. The van der Waals surface area contributed by atoms with Crippen LogP contribution in [0.1, 0.15) is 105 Å². The Labute approximate surface area is 397 Å². The zero-order valence-electron chi connectivity index (χ0n) is 39.7. The Kier molecular flexibility index (Phi) is 22.3. The molecule has 2 heterocycles. The molecule has 67 heavy (non-hydrogen) atoms. The molecule has 10 N–H and O–H groups in total. The number of nitrogens with zero attached hydrogens (tertiary/aromatic N) is 2. The summed E-state index contributed by atoms with van der Waals surface area (Å²) in [6.45, 7) is 11.7. The van der Waals surface area contributed by atoms with Crippen molar-refractivity contribution in [1.29, 1.82) is 0 Å². The number of aromatic hydroxyl groups is 1. The van der Waals surface area contributed by atoms with Gasteiger partial charge in [-0.15, -0.1) is 0 Å². The molecule has 3 rings (SSSR count). The number of carbonyl (C=O) groups excluding carboxylic acids is 7. The van der Waals surface area contributed by atoms with Gasteiger partial charge in [-0.05, 0) is 92.4 Å². The number of likely N-dealkylation sites (tertiary alicyclic amines) is 2. The Balaban J connectivity index is 1.88. The topological polar surface area (TPSA) is 307 Å². The van der Waals surface area contributed by atoms with Gasteiger partial charge in [0, 0.05) is 19.5 Å². The monoisotopic (exact) mass is 960 g/mol. The molecule has 1 aromatic carbocycles. The number of amides is 7. The van der Waals surface area contributed by atoms with Gasteiger partial charge in [-0.3, -0.25) is 38.4 Å². The predicted molar refractivity (Wildman–Crippen MR) is 250 cm³/mol. The Bertz CT molecular complexity index is 1900. The first-order valence-electron chi connectivity index (χ1n) is 23.2. The summed E-state index contributed by atoms with van der Waals surface area (Å²) in [6.07, 6.45) is 3.44. The average Bonchev–Trinajstić information content (AvgIpc) is 3.97. The normalized spacial score (nSPS) is 19.1. The summed E-state index contributed by atoms with van der Waals surface area (Å²) in [5.74, 6) is -7.37. The molecule has 9 atom stereocenters. The maximum Gasteiger partial charge on any atom is 0.326 e. The number of nitrogens with one attached hydrogen (secondary N) is 5. The zero-order chi connectivity index (χ0) is 50.1. The first-order chi connectivity index (χ1) is 31.6. The van der Waals surface area contributed by atoms with Crippen LogP contribution in [0.5, 0.6) is 5.75 Å². The summed E-state index contributed by atoms with van der Waals surface area (Å²) < 4.78 is 0. The summed E-state index contributed by atoms with van der Waals surface area (Å²) in [4.78, 5) is 123. The Morgan fingerprint density at radius 1 is 0.701 bits per heavy atom. The number of nitrogens with two attached hydrogens (primary N) is 1. The van der Waals surface area contributed by atoms with Crippen molar-refractivity contribution in [1.82, 2.24) is 36.4 Å². The highest BCUT2D eigenvalue weighted by atomic mass is 32.2. The van der Waals surface area contributed by atoms with E-state index in [4.69, 9.17) is 10.8 Å². The van der Waals surface area contributed by atoms with E-state index in [0.717, 1.165) is 0 Å². The van der Waals surface area contributed by atoms with Crippen LogP contribution in [0.3, 0.4) is 0 Å².